The van der Waals surface area contributed by atoms with Crippen molar-refractivity contribution in [1.29, 1.82) is 0 Å². The minimum atomic E-state index is 0.234. The van der Waals surface area contributed by atoms with E-state index in [0.29, 0.717) is 5.92 Å². The molecule has 1 unspecified atom stereocenters. The van der Waals surface area contributed by atoms with Crippen molar-refractivity contribution in [3.05, 3.63) is 34.9 Å². The van der Waals surface area contributed by atoms with E-state index in [4.69, 9.17) is 4.84 Å². The molecule has 90 valence electrons. The van der Waals surface area contributed by atoms with Crippen LogP contribution >= 0.6 is 0 Å². The van der Waals surface area contributed by atoms with Crippen LogP contribution in [0.4, 0.5) is 0 Å². The summed E-state index contributed by atoms with van der Waals surface area (Å²) < 4.78 is 0. The molecule has 0 aliphatic carbocycles. The molecule has 0 aliphatic rings. The first kappa shape index (κ1) is 13.2. The Kier molecular flexibility index (Phi) is 4.97. The van der Waals surface area contributed by atoms with Gasteiger partial charge in [-0.25, -0.2) is 0 Å². The van der Waals surface area contributed by atoms with E-state index in [9.17, 15) is 0 Å². The molecule has 0 bridgehead atoms. The Labute approximate surface area is 99.0 Å². The van der Waals surface area contributed by atoms with Crippen LogP contribution in [0.15, 0.2) is 18.2 Å². The summed E-state index contributed by atoms with van der Waals surface area (Å²) in [5, 5.41) is 0. The van der Waals surface area contributed by atoms with Crippen LogP contribution < -0.4 is 5.48 Å². The van der Waals surface area contributed by atoms with Gasteiger partial charge in [-0.1, -0.05) is 43.2 Å². The molecular weight excluding hydrogens is 198 g/mol. The summed E-state index contributed by atoms with van der Waals surface area (Å²) in [6, 6.07) is 6.82. The smallest absolute Gasteiger partial charge is 0.0705 e. The van der Waals surface area contributed by atoms with E-state index in [-0.39, 0.29) is 6.04 Å². The van der Waals surface area contributed by atoms with Crippen LogP contribution in [-0.2, 0) is 4.84 Å². The van der Waals surface area contributed by atoms with Crippen molar-refractivity contribution in [3.8, 4) is 0 Å². The molecule has 0 fully saturated rings. The lowest BCUT2D eigenvalue weighted by atomic mass is 10.0. The molecule has 1 N–H and O–H groups in total. The number of hydroxylamine groups is 1. The zero-order chi connectivity index (χ0) is 12.1. The fraction of sp³-hybridized carbons (Fsp3) is 0.571. The molecule has 1 atom stereocenters. The van der Waals surface area contributed by atoms with E-state index in [1.54, 1.807) is 0 Å². The predicted molar refractivity (Wildman–Crippen MR) is 68.3 cm³/mol. The molecule has 0 radical (unpaired) electrons. The summed E-state index contributed by atoms with van der Waals surface area (Å²) >= 11 is 0. The maximum Gasteiger partial charge on any atom is 0.0705 e. The molecule has 0 heterocycles. The number of benzene rings is 1. The highest BCUT2D eigenvalue weighted by Gasteiger charge is 2.06. The number of hydrogen-bond donors (Lipinski definition) is 1. The Hall–Kier alpha value is -0.860. The zero-order valence-electron chi connectivity index (χ0n) is 11.0. The third kappa shape index (κ3) is 4.33. The second-order valence-corrected chi connectivity index (χ2v) is 4.97. The van der Waals surface area contributed by atoms with Gasteiger partial charge in [0.15, 0.2) is 0 Å². The molecule has 0 aromatic heterocycles. The van der Waals surface area contributed by atoms with Gasteiger partial charge < -0.3 is 4.84 Å². The molecule has 16 heavy (non-hydrogen) atoms. The first-order valence-corrected chi connectivity index (χ1v) is 5.94. The van der Waals surface area contributed by atoms with Crippen molar-refractivity contribution in [2.24, 2.45) is 5.92 Å². The van der Waals surface area contributed by atoms with Gasteiger partial charge >= 0.3 is 0 Å². The van der Waals surface area contributed by atoms with E-state index in [1.807, 2.05) is 0 Å². The second-order valence-electron chi connectivity index (χ2n) is 4.97. The molecule has 1 aromatic carbocycles. The topological polar surface area (TPSA) is 21.3 Å². The van der Waals surface area contributed by atoms with E-state index in [1.165, 1.54) is 16.7 Å². The van der Waals surface area contributed by atoms with Crippen LogP contribution in [0.2, 0.25) is 0 Å². The molecule has 2 heteroatoms. The third-order valence-electron chi connectivity index (χ3n) is 2.42. The molecule has 1 rings (SSSR count). The van der Waals surface area contributed by atoms with Crippen LogP contribution in [-0.4, -0.2) is 6.61 Å². The van der Waals surface area contributed by atoms with Gasteiger partial charge in [-0.3, -0.25) is 0 Å². The van der Waals surface area contributed by atoms with Gasteiger partial charge in [-0.05, 0) is 32.3 Å². The minimum absolute atomic E-state index is 0.234. The van der Waals surface area contributed by atoms with Gasteiger partial charge in [0.2, 0.25) is 0 Å². The van der Waals surface area contributed by atoms with Crippen LogP contribution in [0.5, 0.6) is 0 Å². The number of aryl methyl sites for hydroxylation is 2. The Bertz CT molecular complexity index is 313. The zero-order valence-corrected chi connectivity index (χ0v) is 11.0. The Morgan fingerprint density at radius 3 is 2.12 bits per heavy atom. The van der Waals surface area contributed by atoms with Crippen molar-refractivity contribution in [3.63, 3.8) is 0 Å². The molecule has 1 aromatic rings. The maximum atomic E-state index is 5.44. The van der Waals surface area contributed by atoms with Crippen LogP contribution in [0.25, 0.3) is 0 Å². The summed E-state index contributed by atoms with van der Waals surface area (Å²) in [4.78, 5) is 5.44. The predicted octanol–water partition coefficient (Wildman–Crippen LogP) is 3.54. The summed E-state index contributed by atoms with van der Waals surface area (Å²) in [7, 11) is 0. The maximum absolute atomic E-state index is 5.44. The largest absolute Gasteiger partial charge is 0.301 e. The van der Waals surface area contributed by atoms with Gasteiger partial charge in [0.1, 0.15) is 0 Å². The fourth-order valence-corrected chi connectivity index (χ4v) is 1.67. The first-order valence-electron chi connectivity index (χ1n) is 5.94. The Morgan fingerprint density at radius 1 is 1.06 bits per heavy atom. The standard InChI is InChI=1S/C14H23NO/c1-10(2)9-16-15-13(5)14-7-11(3)6-12(4)8-14/h6-8,10,13,15H,9H2,1-5H3. The highest BCUT2D eigenvalue weighted by molar-refractivity contribution is 5.30. The van der Waals surface area contributed by atoms with E-state index >= 15 is 0 Å². The summed E-state index contributed by atoms with van der Waals surface area (Å²) in [6.07, 6.45) is 0. The van der Waals surface area contributed by atoms with E-state index in [0.717, 1.165) is 6.61 Å². The highest BCUT2D eigenvalue weighted by atomic mass is 16.6. The number of hydrogen-bond acceptors (Lipinski definition) is 2. The minimum Gasteiger partial charge on any atom is -0.301 e. The van der Waals surface area contributed by atoms with Crippen LogP contribution in [0, 0.1) is 19.8 Å². The van der Waals surface area contributed by atoms with Gasteiger partial charge in [-0.2, -0.15) is 5.48 Å². The lowest BCUT2D eigenvalue weighted by Gasteiger charge is -2.16. The van der Waals surface area contributed by atoms with Gasteiger partial charge in [-0.15, -0.1) is 0 Å². The van der Waals surface area contributed by atoms with Gasteiger partial charge in [0, 0.05) is 0 Å². The summed E-state index contributed by atoms with van der Waals surface area (Å²) in [5.41, 5.74) is 6.96. The lowest BCUT2D eigenvalue weighted by molar-refractivity contribution is 0.00408. The number of rotatable bonds is 5. The molecule has 0 saturated carbocycles. The Morgan fingerprint density at radius 2 is 1.62 bits per heavy atom. The molecular formula is C14H23NO. The average Bonchev–Trinajstić information content (AvgIpc) is 2.15. The number of nitrogens with one attached hydrogen (secondary N) is 1. The Balaban J connectivity index is 2.55. The monoisotopic (exact) mass is 221 g/mol. The average molecular weight is 221 g/mol. The van der Waals surface area contributed by atoms with Gasteiger partial charge in [0.25, 0.3) is 0 Å². The van der Waals surface area contributed by atoms with Crippen LogP contribution in [0.1, 0.15) is 43.5 Å². The first-order chi connectivity index (χ1) is 7.49. The quantitative estimate of drug-likeness (QED) is 0.768. The fourth-order valence-electron chi connectivity index (χ4n) is 1.67. The lowest BCUT2D eigenvalue weighted by Crippen LogP contribution is -2.21. The van der Waals surface area contributed by atoms with Crippen molar-refractivity contribution in [1.82, 2.24) is 5.48 Å². The SMILES string of the molecule is Cc1cc(C)cc(C(C)NOCC(C)C)c1. The normalized spacial score (nSPS) is 13.1. The van der Waals surface area contributed by atoms with Gasteiger partial charge in [0.05, 0.1) is 12.6 Å². The van der Waals surface area contributed by atoms with E-state index in [2.05, 4.69) is 58.3 Å². The van der Waals surface area contributed by atoms with Crippen molar-refractivity contribution in [2.45, 2.75) is 40.7 Å². The molecule has 0 saturated heterocycles. The second kappa shape index (κ2) is 6.02. The van der Waals surface area contributed by atoms with Crippen molar-refractivity contribution in [2.75, 3.05) is 6.61 Å². The van der Waals surface area contributed by atoms with Crippen molar-refractivity contribution >= 4 is 0 Å². The molecule has 2 nitrogen and oxygen atoms in total. The van der Waals surface area contributed by atoms with Crippen LogP contribution in [0.3, 0.4) is 0 Å². The molecule has 0 spiro atoms. The third-order valence-corrected chi connectivity index (χ3v) is 2.42. The summed E-state index contributed by atoms with van der Waals surface area (Å²) in [5.74, 6) is 0.555. The van der Waals surface area contributed by atoms with E-state index < -0.39 is 0 Å². The highest BCUT2D eigenvalue weighted by Crippen LogP contribution is 2.16. The molecule has 0 aliphatic heterocycles. The van der Waals surface area contributed by atoms with Crippen molar-refractivity contribution < 1.29 is 4.84 Å². The summed E-state index contributed by atoms with van der Waals surface area (Å²) in [6.45, 7) is 11.4. The molecule has 0 amide bonds.